The van der Waals surface area contributed by atoms with Crippen LogP contribution in [-0.2, 0) is 9.59 Å². The Kier molecular flexibility index (Phi) is 6.75. The zero-order chi connectivity index (χ0) is 24.4. The molecule has 6 nitrogen and oxygen atoms in total. The molecule has 1 N–H and O–H groups in total. The first-order valence-electron chi connectivity index (χ1n) is 11.1. The lowest BCUT2D eigenvalue weighted by molar-refractivity contribution is -0.132. The van der Waals surface area contributed by atoms with Crippen LogP contribution in [0, 0.1) is 0 Å². The topological polar surface area (TPSA) is 76.1 Å². The maximum atomic E-state index is 13.3. The molecule has 1 aliphatic heterocycles. The van der Waals surface area contributed by atoms with E-state index in [2.05, 4.69) is 0 Å². The smallest absolute Gasteiger partial charge is 0.300 e. The van der Waals surface area contributed by atoms with E-state index in [-0.39, 0.29) is 17.3 Å². The van der Waals surface area contributed by atoms with Crippen LogP contribution >= 0.6 is 11.3 Å². The summed E-state index contributed by atoms with van der Waals surface area (Å²) in [5, 5.41) is 13.3. The van der Waals surface area contributed by atoms with Gasteiger partial charge in [0.1, 0.15) is 23.3 Å². The molecular formula is C27H27NO5S. The molecule has 1 amide bonds. The highest BCUT2D eigenvalue weighted by atomic mass is 32.1. The summed E-state index contributed by atoms with van der Waals surface area (Å²) in [6.45, 7) is 6.52. The summed E-state index contributed by atoms with van der Waals surface area (Å²) in [6, 6.07) is 15.3. The van der Waals surface area contributed by atoms with E-state index in [1.807, 2.05) is 44.4 Å². The molecule has 3 aromatic rings. The normalized spacial score (nSPS) is 17.4. The standard InChI is InChI=1S/C27H27NO5S/c1-5-33-21-13-8-17(15-20(21)16(2)3)25(29)23-24(22-7-6-14-34-22)28(27(31)26(23)30)18-9-11-19(32-4)12-10-18/h6-16,24,29H,5H2,1-4H3/b25-23-. The molecular weight excluding hydrogens is 450 g/mol. The summed E-state index contributed by atoms with van der Waals surface area (Å²) < 4.78 is 11.0. The minimum absolute atomic E-state index is 0.0714. The SMILES string of the molecule is CCOc1ccc(/C(O)=C2/C(=O)C(=O)N(c3ccc(OC)cc3)C2c2cccs2)cc1C(C)C. The fourth-order valence-electron chi connectivity index (χ4n) is 4.15. The van der Waals surface area contributed by atoms with Gasteiger partial charge in [-0.25, -0.2) is 0 Å². The van der Waals surface area contributed by atoms with E-state index in [1.54, 1.807) is 43.5 Å². The van der Waals surface area contributed by atoms with E-state index in [0.717, 1.165) is 16.2 Å². The second kappa shape index (κ2) is 9.73. The number of benzene rings is 2. The van der Waals surface area contributed by atoms with Gasteiger partial charge in [-0.2, -0.15) is 0 Å². The van der Waals surface area contributed by atoms with Gasteiger partial charge < -0.3 is 14.6 Å². The Balaban J connectivity index is 1.87. The number of amides is 1. The van der Waals surface area contributed by atoms with Gasteiger partial charge >= 0.3 is 0 Å². The molecule has 0 spiro atoms. The molecule has 7 heteroatoms. The number of hydrogen-bond acceptors (Lipinski definition) is 6. The molecule has 2 aromatic carbocycles. The number of nitrogens with zero attached hydrogens (tertiary/aromatic N) is 1. The van der Waals surface area contributed by atoms with Gasteiger partial charge in [0.25, 0.3) is 11.7 Å². The third kappa shape index (κ3) is 4.19. The molecule has 0 saturated carbocycles. The lowest BCUT2D eigenvalue weighted by Crippen LogP contribution is -2.29. The highest BCUT2D eigenvalue weighted by Crippen LogP contribution is 2.44. The largest absolute Gasteiger partial charge is 0.507 e. The Morgan fingerprint density at radius 2 is 1.85 bits per heavy atom. The number of rotatable bonds is 7. The Bertz CT molecular complexity index is 1230. The first kappa shape index (κ1) is 23.6. The van der Waals surface area contributed by atoms with Crippen molar-refractivity contribution in [2.24, 2.45) is 0 Å². The van der Waals surface area contributed by atoms with E-state index in [0.29, 0.717) is 23.6 Å². The summed E-state index contributed by atoms with van der Waals surface area (Å²) >= 11 is 1.43. The monoisotopic (exact) mass is 477 g/mol. The first-order valence-corrected chi connectivity index (χ1v) is 12.0. The summed E-state index contributed by atoms with van der Waals surface area (Å²) in [7, 11) is 1.56. The van der Waals surface area contributed by atoms with Gasteiger partial charge in [0, 0.05) is 16.1 Å². The van der Waals surface area contributed by atoms with Crippen molar-refractivity contribution in [3.8, 4) is 11.5 Å². The van der Waals surface area contributed by atoms with Gasteiger partial charge in [-0.05, 0) is 72.3 Å². The molecule has 1 saturated heterocycles. The van der Waals surface area contributed by atoms with Crippen LogP contribution in [0.5, 0.6) is 11.5 Å². The fourth-order valence-corrected chi connectivity index (χ4v) is 4.97. The van der Waals surface area contributed by atoms with E-state index < -0.39 is 17.7 Å². The maximum absolute atomic E-state index is 13.3. The molecule has 1 aromatic heterocycles. The van der Waals surface area contributed by atoms with Crippen molar-refractivity contribution in [1.82, 2.24) is 0 Å². The van der Waals surface area contributed by atoms with Crippen molar-refractivity contribution in [3.63, 3.8) is 0 Å². The van der Waals surface area contributed by atoms with Gasteiger partial charge in [-0.15, -0.1) is 11.3 Å². The van der Waals surface area contributed by atoms with Crippen LogP contribution in [0.3, 0.4) is 0 Å². The average Bonchev–Trinajstić information content (AvgIpc) is 3.46. The zero-order valence-electron chi connectivity index (χ0n) is 19.6. The minimum atomic E-state index is -0.734. The molecule has 1 aliphatic rings. The first-order chi connectivity index (χ1) is 16.4. The highest BCUT2D eigenvalue weighted by molar-refractivity contribution is 7.10. The lowest BCUT2D eigenvalue weighted by Gasteiger charge is -2.24. The van der Waals surface area contributed by atoms with Crippen LogP contribution in [0.2, 0.25) is 0 Å². The average molecular weight is 478 g/mol. The molecule has 0 radical (unpaired) electrons. The predicted molar refractivity (Wildman–Crippen MR) is 134 cm³/mol. The number of hydrogen-bond donors (Lipinski definition) is 1. The number of aliphatic hydroxyl groups is 1. The molecule has 34 heavy (non-hydrogen) atoms. The van der Waals surface area contributed by atoms with Crippen molar-refractivity contribution >= 4 is 34.5 Å². The van der Waals surface area contributed by atoms with Gasteiger partial charge in [0.15, 0.2) is 0 Å². The number of ketones is 1. The number of anilines is 1. The Hall–Kier alpha value is -3.58. The van der Waals surface area contributed by atoms with Crippen LogP contribution in [0.15, 0.2) is 65.6 Å². The Morgan fingerprint density at radius 3 is 2.44 bits per heavy atom. The highest BCUT2D eigenvalue weighted by Gasteiger charge is 2.47. The second-order valence-corrected chi connectivity index (χ2v) is 9.20. The van der Waals surface area contributed by atoms with Gasteiger partial charge in [0.05, 0.1) is 19.3 Å². The predicted octanol–water partition coefficient (Wildman–Crippen LogP) is 5.91. The second-order valence-electron chi connectivity index (χ2n) is 8.22. The zero-order valence-corrected chi connectivity index (χ0v) is 20.4. The summed E-state index contributed by atoms with van der Waals surface area (Å²) in [5.41, 5.74) is 2.02. The van der Waals surface area contributed by atoms with Crippen LogP contribution in [0.25, 0.3) is 5.76 Å². The van der Waals surface area contributed by atoms with Gasteiger partial charge in [-0.1, -0.05) is 19.9 Å². The fraction of sp³-hybridized carbons (Fsp3) is 0.259. The molecule has 1 atom stereocenters. The van der Waals surface area contributed by atoms with E-state index >= 15 is 0 Å². The lowest BCUT2D eigenvalue weighted by atomic mass is 9.95. The van der Waals surface area contributed by atoms with Crippen LogP contribution in [-0.4, -0.2) is 30.5 Å². The molecule has 1 fully saturated rings. The Labute approximate surface area is 203 Å². The molecule has 4 rings (SSSR count). The van der Waals surface area contributed by atoms with Gasteiger partial charge in [-0.3, -0.25) is 14.5 Å². The minimum Gasteiger partial charge on any atom is -0.507 e. The number of ether oxygens (including phenoxy) is 2. The number of thiophene rings is 1. The third-order valence-electron chi connectivity index (χ3n) is 5.81. The quantitative estimate of drug-likeness (QED) is 0.260. The van der Waals surface area contributed by atoms with E-state index in [9.17, 15) is 14.7 Å². The van der Waals surface area contributed by atoms with Crippen molar-refractivity contribution < 1.29 is 24.2 Å². The number of methoxy groups -OCH3 is 1. The van der Waals surface area contributed by atoms with Gasteiger partial charge in [0.2, 0.25) is 0 Å². The Morgan fingerprint density at radius 1 is 1.12 bits per heavy atom. The van der Waals surface area contributed by atoms with Crippen LogP contribution in [0.4, 0.5) is 5.69 Å². The molecule has 176 valence electrons. The summed E-state index contributed by atoms with van der Waals surface area (Å²) in [5.74, 6) is -0.0696. The van der Waals surface area contributed by atoms with Crippen molar-refractivity contribution in [2.75, 3.05) is 18.6 Å². The van der Waals surface area contributed by atoms with Crippen molar-refractivity contribution in [2.45, 2.75) is 32.7 Å². The summed E-state index contributed by atoms with van der Waals surface area (Å²) in [4.78, 5) is 28.7. The van der Waals surface area contributed by atoms with Crippen LogP contribution < -0.4 is 14.4 Å². The summed E-state index contributed by atoms with van der Waals surface area (Å²) in [6.07, 6.45) is 0. The van der Waals surface area contributed by atoms with Crippen molar-refractivity contribution in [1.29, 1.82) is 0 Å². The van der Waals surface area contributed by atoms with E-state index in [4.69, 9.17) is 9.47 Å². The molecule has 0 aliphatic carbocycles. The third-order valence-corrected chi connectivity index (χ3v) is 6.74. The van der Waals surface area contributed by atoms with Crippen LogP contribution in [0.1, 0.15) is 48.7 Å². The number of aliphatic hydroxyl groups excluding tert-OH is 1. The molecule has 2 heterocycles. The van der Waals surface area contributed by atoms with Crippen molar-refractivity contribution in [3.05, 3.63) is 81.6 Å². The molecule has 0 bridgehead atoms. The number of carbonyl (C=O) groups excluding carboxylic acids is 2. The number of Topliss-reactive ketones (excluding diaryl/α,β-unsaturated/α-hetero) is 1. The maximum Gasteiger partial charge on any atom is 0.300 e. The number of carbonyl (C=O) groups is 2. The molecule has 1 unspecified atom stereocenters. The van der Waals surface area contributed by atoms with E-state index in [1.165, 1.54) is 16.2 Å².